The number of hydrogen-bond acceptors (Lipinski definition) is 2. The van der Waals surface area contributed by atoms with Crippen molar-refractivity contribution >= 4 is 27.7 Å². The molecule has 0 aromatic heterocycles. The molecular formula is C17H15NOS. The smallest absolute Gasteiger partial charge is 0.200 e. The van der Waals surface area contributed by atoms with Gasteiger partial charge >= 0.3 is 0 Å². The van der Waals surface area contributed by atoms with Crippen LogP contribution in [0.1, 0.15) is 15.9 Å². The number of carbonyl (C=O) groups is 1. The Kier molecular flexibility index (Phi) is 3.63. The fraction of sp³-hybridized carbons (Fsp3) is 0.0588. The van der Waals surface area contributed by atoms with Gasteiger partial charge in [0.05, 0.1) is 4.91 Å². The zero-order chi connectivity index (χ0) is 13.9. The van der Waals surface area contributed by atoms with Crippen LogP contribution in [0.2, 0.25) is 0 Å². The summed E-state index contributed by atoms with van der Waals surface area (Å²) < 4.78 is 0. The van der Waals surface area contributed by atoms with E-state index in [0.717, 1.165) is 20.9 Å². The molecule has 1 atom stereocenters. The van der Waals surface area contributed by atoms with Crippen molar-refractivity contribution in [2.45, 2.75) is 4.90 Å². The van der Waals surface area contributed by atoms with Crippen LogP contribution in [-0.2, 0) is 0 Å². The summed E-state index contributed by atoms with van der Waals surface area (Å²) in [5.74, 6) is 0.123. The second-order valence-electron chi connectivity index (χ2n) is 4.48. The first-order chi connectivity index (χ1) is 9.81. The quantitative estimate of drug-likeness (QED) is 0.678. The van der Waals surface area contributed by atoms with Crippen molar-refractivity contribution in [3.8, 4) is 0 Å². The molecule has 2 aromatic rings. The molecule has 20 heavy (non-hydrogen) atoms. The first-order valence-electron chi connectivity index (χ1n) is 6.48. The Morgan fingerprint density at radius 2 is 1.70 bits per heavy atom. The van der Waals surface area contributed by atoms with E-state index in [4.69, 9.17) is 5.73 Å². The second kappa shape index (κ2) is 5.57. The van der Waals surface area contributed by atoms with Gasteiger partial charge in [0.1, 0.15) is 0 Å². The first kappa shape index (κ1) is 13.0. The number of benzene rings is 2. The molecule has 1 aliphatic rings. The molecule has 3 heteroatoms. The van der Waals surface area contributed by atoms with Crippen molar-refractivity contribution in [3.05, 3.63) is 70.6 Å². The van der Waals surface area contributed by atoms with E-state index in [-0.39, 0.29) is 16.3 Å². The lowest BCUT2D eigenvalue weighted by Crippen LogP contribution is -2.00. The highest BCUT2D eigenvalue weighted by atomic mass is 32.2. The minimum absolute atomic E-state index is 0.123. The molecule has 0 radical (unpaired) electrons. The molecule has 2 N–H and O–H groups in total. The Morgan fingerprint density at radius 3 is 2.45 bits per heavy atom. The van der Waals surface area contributed by atoms with E-state index >= 15 is 0 Å². The van der Waals surface area contributed by atoms with E-state index in [1.165, 1.54) is 0 Å². The van der Waals surface area contributed by atoms with Crippen molar-refractivity contribution in [2.75, 3.05) is 6.54 Å². The number of allylic oxidation sites excluding steroid dienone is 1. The molecule has 0 fully saturated rings. The number of rotatable bonds is 2. The maximum atomic E-state index is 12.6. The van der Waals surface area contributed by atoms with Crippen LogP contribution < -0.4 is 5.73 Å². The maximum absolute atomic E-state index is 12.6. The van der Waals surface area contributed by atoms with Crippen LogP contribution in [-0.4, -0.2) is 17.7 Å². The topological polar surface area (TPSA) is 43.1 Å². The highest BCUT2D eigenvalue weighted by molar-refractivity contribution is 8.19. The summed E-state index contributed by atoms with van der Waals surface area (Å²) in [5, 5.41) is 2.03. The molecule has 0 aliphatic carbocycles. The van der Waals surface area contributed by atoms with Crippen molar-refractivity contribution in [1.82, 2.24) is 0 Å². The lowest BCUT2D eigenvalue weighted by atomic mass is 10.1. The summed E-state index contributed by atoms with van der Waals surface area (Å²) in [5.41, 5.74) is 7.54. The fourth-order valence-electron chi connectivity index (χ4n) is 2.30. The molecule has 1 aliphatic heterocycles. The highest BCUT2D eigenvalue weighted by Gasteiger charge is 2.28. The monoisotopic (exact) mass is 281 g/mol. The van der Waals surface area contributed by atoms with Crippen LogP contribution in [0.15, 0.2) is 64.4 Å². The zero-order valence-corrected chi connectivity index (χ0v) is 11.8. The summed E-state index contributed by atoms with van der Waals surface area (Å²) in [4.78, 5) is 14.5. The average Bonchev–Trinajstić information content (AvgIpc) is 2.75. The second-order valence-corrected chi connectivity index (χ2v) is 6.37. The van der Waals surface area contributed by atoms with Crippen LogP contribution in [0.5, 0.6) is 0 Å². The van der Waals surface area contributed by atoms with Crippen molar-refractivity contribution in [3.63, 3.8) is 0 Å². The van der Waals surface area contributed by atoms with Crippen molar-refractivity contribution < 1.29 is 4.79 Å². The summed E-state index contributed by atoms with van der Waals surface area (Å²) in [6.45, 7) is 0.469. The van der Waals surface area contributed by atoms with Gasteiger partial charge in [-0.15, -0.1) is 10.5 Å². The van der Waals surface area contributed by atoms with Gasteiger partial charge in [-0.2, -0.15) is 0 Å². The Labute approximate surface area is 120 Å². The largest absolute Gasteiger partial charge is 0.327 e. The Balaban J connectivity index is 2.15. The van der Waals surface area contributed by atoms with Gasteiger partial charge in [0.2, 0.25) is 0 Å². The fourth-order valence-corrected chi connectivity index (χ4v) is 4.29. The van der Waals surface area contributed by atoms with Gasteiger partial charge in [-0.3, -0.25) is 4.79 Å². The van der Waals surface area contributed by atoms with Gasteiger partial charge in [-0.25, -0.2) is 0 Å². The van der Waals surface area contributed by atoms with Crippen molar-refractivity contribution in [2.24, 2.45) is 5.73 Å². The first-order valence-corrected chi connectivity index (χ1v) is 7.77. The van der Waals surface area contributed by atoms with Gasteiger partial charge in [0, 0.05) is 17.0 Å². The molecule has 0 spiro atoms. The van der Waals surface area contributed by atoms with E-state index in [1.54, 1.807) is 0 Å². The molecule has 0 amide bonds. The molecule has 0 saturated heterocycles. The number of hydrogen-bond donors (Lipinski definition) is 1. The van der Waals surface area contributed by atoms with E-state index in [2.05, 4.69) is 0 Å². The van der Waals surface area contributed by atoms with Gasteiger partial charge in [0.25, 0.3) is 0 Å². The maximum Gasteiger partial charge on any atom is 0.200 e. The predicted molar refractivity (Wildman–Crippen MR) is 86.2 cm³/mol. The molecule has 2 nitrogen and oxygen atoms in total. The summed E-state index contributed by atoms with van der Waals surface area (Å²) >= 11 is 0. The van der Waals surface area contributed by atoms with Crippen molar-refractivity contribution in [1.29, 1.82) is 0 Å². The number of ketones is 1. The normalized spacial score (nSPS) is 19.6. The van der Waals surface area contributed by atoms with Gasteiger partial charge in [-0.1, -0.05) is 42.5 Å². The van der Waals surface area contributed by atoms with E-state index in [0.29, 0.717) is 6.54 Å². The third-order valence-electron chi connectivity index (χ3n) is 3.19. The van der Waals surface area contributed by atoms with Gasteiger partial charge < -0.3 is 5.73 Å². The van der Waals surface area contributed by atoms with Gasteiger partial charge in [-0.05, 0) is 29.1 Å². The van der Waals surface area contributed by atoms with Crippen LogP contribution in [0.3, 0.4) is 0 Å². The number of Topliss-reactive ketones (excluding diaryl/α,β-unsaturated/α-hetero) is 1. The van der Waals surface area contributed by atoms with E-state index < -0.39 is 0 Å². The molecule has 100 valence electrons. The molecule has 1 heterocycles. The highest BCUT2D eigenvalue weighted by Crippen LogP contribution is 2.46. The molecule has 0 bridgehead atoms. The minimum Gasteiger partial charge on any atom is -0.327 e. The number of carbonyl (C=O) groups excluding carboxylic acids is 1. The zero-order valence-electron chi connectivity index (χ0n) is 11.0. The van der Waals surface area contributed by atoms with Gasteiger partial charge in [0.15, 0.2) is 5.78 Å². The molecule has 3 rings (SSSR count). The summed E-state index contributed by atoms with van der Waals surface area (Å²) in [7, 11) is -0.309. The molecular weight excluding hydrogens is 266 g/mol. The van der Waals surface area contributed by atoms with Crippen LogP contribution in [0.25, 0.3) is 6.08 Å². The molecule has 1 unspecified atom stereocenters. The Hall–Kier alpha value is -1.97. The summed E-state index contributed by atoms with van der Waals surface area (Å²) in [6, 6.07) is 17.7. The Bertz CT molecular complexity index is 717. The minimum atomic E-state index is -0.309. The summed E-state index contributed by atoms with van der Waals surface area (Å²) in [6.07, 6.45) is 1.98. The predicted octanol–water partition coefficient (Wildman–Crippen LogP) is 3.31. The third kappa shape index (κ3) is 2.26. The van der Waals surface area contributed by atoms with Crippen LogP contribution in [0.4, 0.5) is 0 Å². The standard InChI is InChI=1S/C17H15NOS/c18-10-11-20-15-9-5-4-8-14(15)17(19)16(20)12-13-6-2-1-3-7-13/h1-9,11-12H,10,18H2. The molecule has 2 aromatic carbocycles. The van der Waals surface area contributed by atoms with E-state index in [1.807, 2.05) is 66.0 Å². The third-order valence-corrected chi connectivity index (χ3v) is 5.32. The van der Waals surface area contributed by atoms with E-state index in [9.17, 15) is 4.79 Å². The lowest BCUT2D eigenvalue weighted by molar-refractivity contribution is 0.104. The van der Waals surface area contributed by atoms with Crippen LogP contribution in [0, 0.1) is 0 Å². The van der Waals surface area contributed by atoms with Crippen LogP contribution >= 0.6 is 10.5 Å². The lowest BCUT2D eigenvalue weighted by Gasteiger charge is -2.03. The Morgan fingerprint density at radius 1 is 1.00 bits per heavy atom. The number of fused-ring (bicyclic) bond motifs is 1. The number of nitrogens with two attached hydrogens (primary N) is 1. The SMILES string of the molecule is NCC=S1C(=Cc2ccccc2)C(=O)c2ccccc21. The average molecular weight is 281 g/mol. The molecule has 0 saturated carbocycles.